The topological polar surface area (TPSA) is 47.3 Å². The maximum atomic E-state index is 10.2. The molecular formula is C11H19BrN2O2. The lowest BCUT2D eigenvalue weighted by molar-refractivity contribution is 0.0499. The lowest BCUT2D eigenvalue weighted by Gasteiger charge is -2.21. The molecule has 2 unspecified atom stereocenters. The van der Waals surface area contributed by atoms with Crippen LogP contribution in [0.1, 0.15) is 38.6 Å². The molecule has 16 heavy (non-hydrogen) atoms. The van der Waals surface area contributed by atoms with Crippen molar-refractivity contribution in [2.24, 2.45) is 5.92 Å². The number of aliphatic hydroxyl groups excluding tert-OH is 1. The number of nitrogens with zero attached hydrogens (tertiary/aromatic N) is 2. The quantitative estimate of drug-likeness (QED) is 0.907. The van der Waals surface area contributed by atoms with E-state index in [1.165, 1.54) is 0 Å². The Morgan fingerprint density at radius 2 is 2.12 bits per heavy atom. The molecule has 92 valence electrons. The molecule has 4 nitrogen and oxygen atoms in total. The minimum Gasteiger partial charge on any atom is -0.386 e. The van der Waals surface area contributed by atoms with Crippen LogP contribution in [0, 0.1) is 5.92 Å². The van der Waals surface area contributed by atoms with Gasteiger partial charge in [0.25, 0.3) is 0 Å². The van der Waals surface area contributed by atoms with Gasteiger partial charge >= 0.3 is 0 Å². The minimum absolute atomic E-state index is 0.0375. The van der Waals surface area contributed by atoms with Crippen molar-refractivity contribution < 1.29 is 9.84 Å². The molecule has 1 heterocycles. The first-order valence-electron chi connectivity index (χ1n) is 5.39. The van der Waals surface area contributed by atoms with Crippen LogP contribution in [0.5, 0.6) is 0 Å². The van der Waals surface area contributed by atoms with Crippen molar-refractivity contribution in [2.45, 2.75) is 32.9 Å². The minimum atomic E-state index is -0.570. The monoisotopic (exact) mass is 290 g/mol. The number of ether oxygens (including phenoxy) is 1. The zero-order valence-electron chi connectivity index (χ0n) is 10.1. The Morgan fingerprint density at radius 1 is 1.50 bits per heavy atom. The molecule has 0 fully saturated rings. The molecule has 1 aromatic rings. The third-order valence-electron chi connectivity index (χ3n) is 2.52. The summed E-state index contributed by atoms with van der Waals surface area (Å²) in [7, 11) is 1.64. The fourth-order valence-corrected chi connectivity index (χ4v) is 2.17. The van der Waals surface area contributed by atoms with E-state index in [2.05, 4.69) is 21.0 Å². The molecule has 1 N–H and O–H groups in total. The van der Waals surface area contributed by atoms with Gasteiger partial charge in [-0.15, -0.1) is 0 Å². The summed E-state index contributed by atoms with van der Waals surface area (Å²) in [5.41, 5.74) is 0.819. The highest BCUT2D eigenvalue weighted by Gasteiger charge is 2.24. The van der Waals surface area contributed by atoms with Gasteiger partial charge in [0.2, 0.25) is 0 Å². The molecule has 0 aliphatic heterocycles. The van der Waals surface area contributed by atoms with Crippen molar-refractivity contribution in [3.8, 4) is 0 Å². The largest absolute Gasteiger partial charge is 0.386 e. The molecule has 1 aromatic heterocycles. The number of halogens is 1. The Bertz CT molecular complexity index is 339. The maximum Gasteiger partial charge on any atom is 0.102 e. The second-order valence-corrected chi connectivity index (χ2v) is 5.15. The summed E-state index contributed by atoms with van der Waals surface area (Å²) < 4.78 is 7.74. The first-order chi connectivity index (χ1) is 7.49. The van der Waals surface area contributed by atoms with Crippen LogP contribution in [0.3, 0.4) is 0 Å². The lowest BCUT2D eigenvalue weighted by Crippen LogP contribution is -2.19. The highest BCUT2D eigenvalue weighted by atomic mass is 79.9. The summed E-state index contributed by atoms with van der Waals surface area (Å²) in [6.45, 7) is 6.56. The number of aliphatic hydroxyl groups is 1. The van der Waals surface area contributed by atoms with Crippen molar-refractivity contribution >= 4 is 15.9 Å². The average molecular weight is 291 g/mol. The van der Waals surface area contributed by atoms with Crippen molar-refractivity contribution in [3.63, 3.8) is 0 Å². The van der Waals surface area contributed by atoms with Crippen LogP contribution in [-0.2, 0) is 4.74 Å². The third kappa shape index (κ3) is 2.84. The summed E-state index contributed by atoms with van der Waals surface area (Å²) in [4.78, 5) is 0. The van der Waals surface area contributed by atoms with Gasteiger partial charge in [0.15, 0.2) is 0 Å². The van der Waals surface area contributed by atoms with Crippen LogP contribution in [0.2, 0.25) is 0 Å². The van der Waals surface area contributed by atoms with E-state index in [9.17, 15) is 5.11 Å². The molecule has 0 amide bonds. The van der Waals surface area contributed by atoms with E-state index in [-0.39, 0.29) is 12.0 Å². The summed E-state index contributed by atoms with van der Waals surface area (Å²) >= 11 is 3.42. The van der Waals surface area contributed by atoms with E-state index in [4.69, 9.17) is 4.74 Å². The van der Waals surface area contributed by atoms with E-state index in [1.54, 1.807) is 13.3 Å². The van der Waals surface area contributed by atoms with Crippen LogP contribution in [-0.4, -0.2) is 28.6 Å². The summed E-state index contributed by atoms with van der Waals surface area (Å²) in [5.74, 6) is 0.0375. The van der Waals surface area contributed by atoms with Crippen LogP contribution in [0.4, 0.5) is 0 Å². The number of hydrogen-bond donors (Lipinski definition) is 1. The molecule has 1 rings (SSSR count). The van der Waals surface area contributed by atoms with Gasteiger partial charge in [-0.25, -0.2) is 0 Å². The number of rotatable bonds is 5. The van der Waals surface area contributed by atoms with Crippen LogP contribution in [0.15, 0.2) is 10.7 Å². The second kappa shape index (κ2) is 5.80. The Labute approximate surface area is 105 Å². The van der Waals surface area contributed by atoms with Gasteiger partial charge in [-0.2, -0.15) is 5.10 Å². The van der Waals surface area contributed by atoms with Crippen molar-refractivity contribution in [3.05, 3.63) is 16.4 Å². The Kier molecular flexibility index (Phi) is 4.95. The second-order valence-electron chi connectivity index (χ2n) is 4.29. The average Bonchev–Trinajstić information content (AvgIpc) is 2.59. The number of hydrogen-bond acceptors (Lipinski definition) is 3. The molecule has 0 aromatic carbocycles. The van der Waals surface area contributed by atoms with Gasteiger partial charge in [-0.1, -0.05) is 6.92 Å². The zero-order valence-corrected chi connectivity index (χ0v) is 11.7. The Balaban J connectivity index is 2.97. The summed E-state index contributed by atoms with van der Waals surface area (Å²) in [6.07, 6.45) is 1.15. The summed E-state index contributed by atoms with van der Waals surface area (Å²) in [5, 5.41) is 14.5. The van der Waals surface area contributed by atoms with Crippen LogP contribution >= 0.6 is 15.9 Å². The number of methoxy groups -OCH3 is 1. The fraction of sp³-hybridized carbons (Fsp3) is 0.727. The molecule has 5 heteroatoms. The molecule has 0 bridgehead atoms. The van der Waals surface area contributed by atoms with E-state index >= 15 is 0 Å². The standard InChI is InChI=1S/C11H19BrN2O2/c1-7(2)14-10(9(12)5-13-14)11(15)8(3)6-16-4/h5,7-8,11,15H,6H2,1-4H3. The predicted octanol–water partition coefficient (Wildman–Crippen LogP) is 2.54. The van der Waals surface area contributed by atoms with E-state index < -0.39 is 6.10 Å². The first kappa shape index (κ1) is 13.7. The zero-order chi connectivity index (χ0) is 12.3. The van der Waals surface area contributed by atoms with Crippen LogP contribution < -0.4 is 0 Å². The number of aromatic nitrogens is 2. The smallest absolute Gasteiger partial charge is 0.102 e. The van der Waals surface area contributed by atoms with E-state index in [0.717, 1.165) is 10.2 Å². The third-order valence-corrected chi connectivity index (χ3v) is 3.14. The van der Waals surface area contributed by atoms with Crippen LogP contribution in [0.25, 0.3) is 0 Å². The molecule has 0 radical (unpaired) electrons. The molecule has 0 spiro atoms. The maximum absolute atomic E-state index is 10.2. The van der Waals surface area contributed by atoms with Gasteiger partial charge < -0.3 is 9.84 Å². The molecule has 0 saturated carbocycles. The van der Waals surface area contributed by atoms with Crippen molar-refractivity contribution in [1.82, 2.24) is 9.78 Å². The normalized spacial score (nSPS) is 15.4. The molecule has 2 atom stereocenters. The van der Waals surface area contributed by atoms with Gasteiger partial charge in [0, 0.05) is 19.1 Å². The fourth-order valence-electron chi connectivity index (χ4n) is 1.66. The predicted molar refractivity (Wildman–Crippen MR) is 66.3 cm³/mol. The molecular weight excluding hydrogens is 272 g/mol. The SMILES string of the molecule is COCC(C)C(O)c1c(Br)cnn1C(C)C. The van der Waals surface area contributed by atoms with Gasteiger partial charge in [-0.3, -0.25) is 4.68 Å². The summed E-state index contributed by atoms with van der Waals surface area (Å²) in [6, 6.07) is 0.227. The molecule has 0 aliphatic carbocycles. The highest BCUT2D eigenvalue weighted by molar-refractivity contribution is 9.10. The van der Waals surface area contributed by atoms with Crippen molar-refractivity contribution in [1.29, 1.82) is 0 Å². The van der Waals surface area contributed by atoms with E-state index in [0.29, 0.717) is 6.61 Å². The van der Waals surface area contributed by atoms with Crippen molar-refractivity contribution in [2.75, 3.05) is 13.7 Å². The Morgan fingerprint density at radius 3 is 2.62 bits per heavy atom. The van der Waals surface area contributed by atoms with Gasteiger partial charge in [0.1, 0.15) is 6.10 Å². The van der Waals surface area contributed by atoms with Gasteiger partial charge in [-0.05, 0) is 29.8 Å². The molecule has 0 saturated heterocycles. The van der Waals surface area contributed by atoms with E-state index in [1.807, 2.05) is 25.5 Å². The first-order valence-corrected chi connectivity index (χ1v) is 6.18. The van der Waals surface area contributed by atoms with Gasteiger partial charge in [0.05, 0.1) is 23.0 Å². The lowest BCUT2D eigenvalue weighted by atomic mass is 10.0. The highest BCUT2D eigenvalue weighted by Crippen LogP contribution is 2.30. The Hall–Kier alpha value is -0.390. The molecule has 0 aliphatic rings.